The number of imidazole rings is 1. The van der Waals surface area contributed by atoms with Gasteiger partial charge in [0.1, 0.15) is 0 Å². The van der Waals surface area contributed by atoms with Crippen LogP contribution in [0.2, 0.25) is 4.34 Å². The van der Waals surface area contributed by atoms with Gasteiger partial charge in [0.05, 0.1) is 33.5 Å². The van der Waals surface area contributed by atoms with E-state index in [1.165, 1.54) is 9.18 Å². The van der Waals surface area contributed by atoms with E-state index in [-0.39, 0.29) is 4.90 Å². The number of thiophene rings is 1. The highest BCUT2D eigenvalue weighted by Crippen LogP contribution is 2.32. The molecular formula is C21H26ClN3O4S3. The molecule has 0 spiro atoms. The van der Waals surface area contributed by atoms with E-state index in [4.69, 9.17) is 26.1 Å². The maximum Gasteiger partial charge on any atom is 0.243 e. The summed E-state index contributed by atoms with van der Waals surface area (Å²) in [4.78, 5) is 6.24. The number of hydrogen-bond donors (Lipinski definition) is 0. The molecular weight excluding hydrogens is 490 g/mol. The molecule has 7 nitrogen and oxygen atoms in total. The monoisotopic (exact) mass is 515 g/mol. The average molecular weight is 516 g/mol. The molecule has 3 heterocycles. The van der Waals surface area contributed by atoms with E-state index < -0.39 is 10.0 Å². The Morgan fingerprint density at radius 2 is 2.06 bits per heavy atom. The van der Waals surface area contributed by atoms with Crippen molar-refractivity contribution in [2.24, 2.45) is 0 Å². The van der Waals surface area contributed by atoms with Crippen LogP contribution in [0.25, 0.3) is 11.0 Å². The fourth-order valence-electron chi connectivity index (χ4n) is 3.54. The molecule has 11 heteroatoms. The summed E-state index contributed by atoms with van der Waals surface area (Å²) in [5, 5.41) is 0.863. The van der Waals surface area contributed by atoms with Gasteiger partial charge in [-0.2, -0.15) is 4.31 Å². The Hall–Kier alpha value is -1.14. The van der Waals surface area contributed by atoms with Crippen molar-refractivity contribution >= 4 is 55.8 Å². The van der Waals surface area contributed by atoms with Crippen LogP contribution in [-0.2, 0) is 31.8 Å². The van der Waals surface area contributed by atoms with Crippen LogP contribution in [0.4, 0.5) is 0 Å². The largest absolute Gasteiger partial charge is 0.382 e. The number of rotatable bonds is 10. The highest BCUT2D eigenvalue weighted by atomic mass is 35.5. The third kappa shape index (κ3) is 5.49. The molecule has 1 aliphatic rings. The van der Waals surface area contributed by atoms with E-state index in [1.807, 2.05) is 25.1 Å². The maximum absolute atomic E-state index is 13.1. The van der Waals surface area contributed by atoms with Gasteiger partial charge in [0.2, 0.25) is 10.0 Å². The van der Waals surface area contributed by atoms with Crippen molar-refractivity contribution in [3.05, 3.63) is 39.5 Å². The molecule has 32 heavy (non-hydrogen) atoms. The Morgan fingerprint density at radius 3 is 2.78 bits per heavy atom. The molecule has 0 aliphatic carbocycles. The van der Waals surface area contributed by atoms with Crippen molar-refractivity contribution in [3.8, 4) is 0 Å². The molecule has 1 fully saturated rings. The van der Waals surface area contributed by atoms with Gasteiger partial charge in [0.25, 0.3) is 0 Å². The van der Waals surface area contributed by atoms with Crippen LogP contribution < -0.4 is 0 Å². The first-order valence-electron chi connectivity index (χ1n) is 10.5. The average Bonchev–Trinajstić information content (AvgIpc) is 3.38. The molecule has 0 amide bonds. The van der Waals surface area contributed by atoms with Gasteiger partial charge in [-0.15, -0.1) is 11.3 Å². The van der Waals surface area contributed by atoms with E-state index in [0.717, 1.165) is 33.7 Å². The first-order valence-corrected chi connectivity index (χ1v) is 14.1. The number of fused-ring (bicyclic) bond motifs is 1. The van der Waals surface area contributed by atoms with E-state index in [0.29, 0.717) is 45.0 Å². The van der Waals surface area contributed by atoms with Gasteiger partial charge >= 0.3 is 0 Å². The minimum absolute atomic E-state index is 0.271. The minimum atomic E-state index is -3.57. The standard InChI is InChI=1S/C21H26ClN3O4S3/c1-2-28-11-3-8-25-19-6-5-17(32(26,27)24-9-12-29-13-10-24)14-18(19)23-21(25)30-15-16-4-7-20(22)31-16/h4-7,14H,2-3,8-13,15H2,1H3. The van der Waals surface area contributed by atoms with Crippen LogP contribution in [0, 0.1) is 0 Å². The van der Waals surface area contributed by atoms with Crippen molar-refractivity contribution in [1.29, 1.82) is 0 Å². The molecule has 0 atom stereocenters. The van der Waals surface area contributed by atoms with Gasteiger partial charge in [-0.05, 0) is 43.7 Å². The van der Waals surface area contributed by atoms with Crippen LogP contribution >= 0.6 is 34.7 Å². The molecule has 0 unspecified atom stereocenters. The highest BCUT2D eigenvalue weighted by molar-refractivity contribution is 7.98. The number of sulfonamides is 1. The third-order valence-electron chi connectivity index (χ3n) is 5.14. The normalized spacial score (nSPS) is 15.6. The molecule has 0 N–H and O–H groups in total. The Morgan fingerprint density at radius 1 is 1.25 bits per heavy atom. The van der Waals surface area contributed by atoms with Crippen LogP contribution in [0.1, 0.15) is 18.2 Å². The number of nitrogens with zero attached hydrogens (tertiary/aromatic N) is 3. The Balaban J connectivity index is 1.62. The number of benzene rings is 1. The number of morpholine rings is 1. The summed E-state index contributed by atoms with van der Waals surface area (Å²) in [6.45, 7) is 5.68. The fraction of sp³-hybridized carbons (Fsp3) is 0.476. The number of aryl methyl sites for hydroxylation is 1. The van der Waals surface area contributed by atoms with Crippen LogP contribution in [0.3, 0.4) is 0 Å². The Bertz CT molecular complexity index is 1160. The SMILES string of the molecule is CCOCCCn1c(SCc2ccc(Cl)s2)nc2cc(S(=O)(=O)N3CCOCC3)ccc21. The molecule has 0 bridgehead atoms. The van der Waals surface area contributed by atoms with Gasteiger partial charge in [-0.25, -0.2) is 13.4 Å². The van der Waals surface area contributed by atoms with Crippen molar-refractivity contribution in [3.63, 3.8) is 0 Å². The van der Waals surface area contributed by atoms with Gasteiger partial charge in [0.15, 0.2) is 5.16 Å². The van der Waals surface area contributed by atoms with E-state index in [1.54, 1.807) is 35.2 Å². The van der Waals surface area contributed by atoms with Crippen LogP contribution in [-0.4, -0.2) is 61.8 Å². The Kier molecular flexibility index (Phi) is 8.14. The lowest BCUT2D eigenvalue weighted by molar-refractivity contribution is 0.0730. The fourth-order valence-corrected chi connectivity index (χ4v) is 7.14. The van der Waals surface area contributed by atoms with E-state index in [9.17, 15) is 8.42 Å². The number of thioether (sulfide) groups is 1. The predicted molar refractivity (Wildman–Crippen MR) is 129 cm³/mol. The molecule has 2 aromatic heterocycles. The summed E-state index contributed by atoms with van der Waals surface area (Å²) >= 11 is 9.26. The summed E-state index contributed by atoms with van der Waals surface area (Å²) in [6, 6.07) is 9.15. The summed E-state index contributed by atoms with van der Waals surface area (Å²) < 4.78 is 41.4. The maximum atomic E-state index is 13.1. The smallest absolute Gasteiger partial charge is 0.243 e. The van der Waals surface area contributed by atoms with Crippen LogP contribution in [0.5, 0.6) is 0 Å². The Labute approximate surface area is 201 Å². The lowest BCUT2D eigenvalue weighted by atomic mass is 10.3. The third-order valence-corrected chi connectivity index (χ3v) is 9.47. The number of halogens is 1. The lowest BCUT2D eigenvalue weighted by Gasteiger charge is -2.26. The number of ether oxygens (including phenoxy) is 2. The number of aromatic nitrogens is 2. The van der Waals surface area contributed by atoms with E-state index in [2.05, 4.69) is 4.57 Å². The van der Waals surface area contributed by atoms with Crippen LogP contribution in [0.15, 0.2) is 40.4 Å². The van der Waals surface area contributed by atoms with Gasteiger partial charge in [-0.1, -0.05) is 23.4 Å². The second-order valence-electron chi connectivity index (χ2n) is 7.26. The van der Waals surface area contributed by atoms with Gasteiger partial charge < -0.3 is 14.0 Å². The molecule has 1 aromatic carbocycles. The zero-order valence-corrected chi connectivity index (χ0v) is 21.0. The topological polar surface area (TPSA) is 73.7 Å². The van der Waals surface area contributed by atoms with Gasteiger partial charge in [-0.3, -0.25) is 0 Å². The minimum Gasteiger partial charge on any atom is -0.382 e. The molecule has 0 saturated carbocycles. The number of hydrogen-bond acceptors (Lipinski definition) is 7. The molecule has 0 radical (unpaired) electrons. The van der Waals surface area contributed by atoms with Gasteiger partial charge in [0, 0.05) is 43.5 Å². The van der Waals surface area contributed by atoms with E-state index >= 15 is 0 Å². The molecule has 4 rings (SSSR count). The van der Waals surface area contributed by atoms with Crippen molar-refractivity contribution in [2.45, 2.75) is 35.7 Å². The zero-order valence-electron chi connectivity index (χ0n) is 17.8. The second kappa shape index (κ2) is 10.9. The lowest BCUT2D eigenvalue weighted by Crippen LogP contribution is -2.40. The molecule has 174 valence electrons. The summed E-state index contributed by atoms with van der Waals surface area (Å²) in [6.07, 6.45) is 0.853. The predicted octanol–water partition coefficient (Wildman–Crippen LogP) is 4.49. The zero-order chi connectivity index (χ0) is 22.6. The van der Waals surface area contributed by atoms with Crippen molar-refractivity contribution < 1.29 is 17.9 Å². The quantitative estimate of drug-likeness (QED) is 0.292. The first-order chi connectivity index (χ1) is 15.5. The molecule has 1 aliphatic heterocycles. The second-order valence-corrected chi connectivity index (χ2v) is 11.9. The van der Waals surface area contributed by atoms with Crippen molar-refractivity contribution in [1.82, 2.24) is 13.9 Å². The molecule has 3 aromatic rings. The molecule has 1 saturated heterocycles. The van der Waals surface area contributed by atoms with Crippen molar-refractivity contribution in [2.75, 3.05) is 39.5 Å². The summed E-state index contributed by atoms with van der Waals surface area (Å²) in [7, 11) is -3.57. The summed E-state index contributed by atoms with van der Waals surface area (Å²) in [5.74, 6) is 0.755. The summed E-state index contributed by atoms with van der Waals surface area (Å²) in [5.41, 5.74) is 1.61. The first kappa shape index (κ1) is 24.0. The highest BCUT2D eigenvalue weighted by Gasteiger charge is 2.27.